The van der Waals surface area contributed by atoms with Gasteiger partial charge in [-0.15, -0.1) is 0 Å². The molecule has 0 saturated carbocycles. The van der Waals surface area contributed by atoms with E-state index in [9.17, 15) is 9.90 Å². The average Bonchev–Trinajstić information content (AvgIpc) is 2.39. The van der Waals surface area contributed by atoms with Gasteiger partial charge in [0.25, 0.3) is 0 Å². The summed E-state index contributed by atoms with van der Waals surface area (Å²) in [4.78, 5) is 17.5. The van der Waals surface area contributed by atoms with Gasteiger partial charge in [0.2, 0.25) is 5.91 Å². The van der Waals surface area contributed by atoms with E-state index in [-0.39, 0.29) is 5.91 Å². The van der Waals surface area contributed by atoms with E-state index in [1.54, 1.807) is 13.1 Å². The number of nitrogens with two attached hydrogens (primary N) is 1. The molecule has 0 bridgehead atoms. The molecule has 2 rings (SSSR count). The molecule has 0 aliphatic carbocycles. The third-order valence-electron chi connectivity index (χ3n) is 3.68. The van der Waals surface area contributed by atoms with Gasteiger partial charge < -0.3 is 15.7 Å². The highest BCUT2D eigenvalue weighted by molar-refractivity contribution is 5.74. The van der Waals surface area contributed by atoms with Gasteiger partial charge in [0.1, 0.15) is 5.82 Å². The second-order valence-corrected chi connectivity index (χ2v) is 5.22. The first-order valence-electron chi connectivity index (χ1n) is 6.73. The maximum absolute atomic E-state index is 10.9. The van der Waals surface area contributed by atoms with Crippen molar-refractivity contribution in [3.63, 3.8) is 0 Å². The quantitative estimate of drug-likeness (QED) is 0.856. The van der Waals surface area contributed by atoms with Crippen LogP contribution in [0.4, 0.5) is 5.82 Å². The monoisotopic (exact) mass is 263 g/mol. The minimum atomic E-state index is -0.478. The van der Waals surface area contributed by atoms with Gasteiger partial charge in [0.15, 0.2) is 0 Å². The van der Waals surface area contributed by atoms with Crippen LogP contribution >= 0.6 is 0 Å². The molecular formula is C14H21N3O2. The van der Waals surface area contributed by atoms with Crippen molar-refractivity contribution in [2.45, 2.75) is 32.3 Å². The Morgan fingerprint density at radius 1 is 1.58 bits per heavy atom. The summed E-state index contributed by atoms with van der Waals surface area (Å²) in [5.41, 5.74) is 6.11. The lowest BCUT2D eigenvalue weighted by molar-refractivity contribution is -0.119. The van der Waals surface area contributed by atoms with Crippen LogP contribution in [-0.4, -0.2) is 29.1 Å². The molecule has 0 unspecified atom stereocenters. The van der Waals surface area contributed by atoms with E-state index in [1.807, 2.05) is 12.1 Å². The van der Waals surface area contributed by atoms with Gasteiger partial charge in [0, 0.05) is 25.7 Å². The molecule has 1 aliphatic heterocycles. The van der Waals surface area contributed by atoms with Crippen molar-refractivity contribution in [3.05, 3.63) is 23.9 Å². The van der Waals surface area contributed by atoms with Crippen LogP contribution in [0.25, 0.3) is 0 Å². The zero-order valence-corrected chi connectivity index (χ0v) is 11.2. The zero-order valence-electron chi connectivity index (χ0n) is 11.2. The summed E-state index contributed by atoms with van der Waals surface area (Å²) < 4.78 is 0. The Morgan fingerprint density at radius 2 is 2.26 bits per heavy atom. The number of nitrogens with zero attached hydrogens (tertiary/aromatic N) is 2. The van der Waals surface area contributed by atoms with Gasteiger partial charge in [0.05, 0.1) is 6.10 Å². The highest BCUT2D eigenvalue weighted by atomic mass is 16.3. The van der Waals surface area contributed by atoms with E-state index in [2.05, 4.69) is 9.88 Å². The van der Waals surface area contributed by atoms with Crippen molar-refractivity contribution in [1.29, 1.82) is 0 Å². The lowest BCUT2D eigenvalue weighted by Crippen LogP contribution is -2.35. The van der Waals surface area contributed by atoms with Gasteiger partial charge in [-0.25, -0.2) is 4.98 Å². The Hall–Kier alpha value is -1.62. The predicted octanol–water partition coefficient (Wildman–Crippen LogP) is 1.23. The number of hydrogen-bond donors (Lipinski definition) is 2. The van der Waals surface area contributed by atoms with E-state index < -0.39 is 6.10 Å². The van der Waals surface area contributed by atoms with Crippen LogP contribution in [0.1, 0.15) is 37.9 Å². The number of amides is 1. The fourth-order valence-electron chi connectivity index (χ4n) is 2.52. The van der Waals surface area contributed by atoms with Crippen molar-refractivity contribution in [2.24, 2.45) is 11.7 Å². The molecule has 104 valence electrons. The molecule has 3 N–H and O–H groups in total. The van der Waals surface area contributed by atoms with Crippen molar-refractivity contribution in [2.75, 3.05) is 18.0 Å². The van der Waals surface area contributed by atoms with E-state index in [0.717, 1.165) is 37.3 Å². The molecule has 1 aromatic heterocycles. The highest BCUT2D eigenvalue weighted by Crippen LogP contribution is 2.25. The SMILES string of the molecule is C[C@@H](O)c1ccnc(N2CCC(CC(N)=O)CC2)c1. The van der Waals surface area contributed by atoms with Crippen LogP contribution in [0.2, 0.25) is 0 Å². The molecule has 1 saturated heterocycles. The second-order valence-electron chi connectivity index (χ2n) is 5.22. The molecule has 1 atom stereocenters. The number of primary amides is 1. The molecule has 5 nitrogen and oxygen atoms in total. The van der Waals surface area contributed by atoms with E-state index >= 15 is 0 Å². The molecular weight excluding hydrogens is 242 g/mol. The number of aromatic nitrogens is 1. The number of piperidine rings is 1. The first-order valence-corrected chi connectivity index (χ1v) is 6.73. The average molecular weight is 263 g/mol. The molecule has 1 amide bonds. The molecule has 0 aromatic carbocycles. The largest absolute Gasteiger partial charge is 0.389 e. The molecule has 0 radical (unpaired) electrons. The summed E-state index contributed by atoms with van der Waals surface area (Å²) in [7, 11) is 0. The number of aliphatic hydroxyl groups excluding tert-OH is 1. The Kier molecular flexibility index (Phi) is 4.37. The fraction of sp³-hybridized carbons (Fsp3) is 0.571. The van der Waals surface area contributed by atoms with Gasteiger partial charge >= 0.3 is 0 Å². The van der Waals surface area contributed by atoms with E-state index in [0.29, 0.717) is 12.3 Å². The maximum atomic E-state index is 10.9. The van der Waals surface area contributed by atoms with Crippen molar-refractivity contribution >= 4 is 11.7 Å². The fourth-order valence-corrected chi connectivity index (χ4v) is 2.52. The highest BCUT2D eigenvalue weighted by Gasteiger charge is 2.21. The van der Waals surface area contributed by atoms with Gasteiger partial charge in [-0.05, 0) is 43.4 Å². The summed E-state index contributed by atoms with van der Waals surface area (Å²) in [5.74, 6) is 1.08. The minimum absolute atomic E-state index is 0.215. The first kappa shape index (κ1) is 13.8. The number of carbonyl (C=O) groups excluding carboxylic acids is 1. The van der Waals surface area contributed by atoms with Gasteiger partial charge in [-0.2, -0.15) is 0 Å². The van der Waals surface area contributed by atoms with Crippen molar-refractivity contribution < 1.29 is 9.90 Å². The number of rotatable bonds is 4. The lowest BCUT2D eigenvalue weighted by Gasteiger charge is -2.32. The number of anilines is 1. The molecule has 0 spiro atoms. The minimum Gasteiger partial charge on any atom is -0.389 e. The van der Waals surface area contributed by atoms with Crippen LogP contribution in [0.5, 0.6) is 0 Å². The first-order chi connectivity index (χ1) is 9.06. The van der Waals surface area contributed by atoms with Crippen LogP contribution in [-0.2, 0) is 4.79 Å². The maximum Gasteiger partial charge on any atom is 0.217 e. The number of hydrogen-bond acceptors (Lipinski definition) is 4. The third kappa shape index (κ3) is 3.67. The van der Waals surface area contributed by atoms with Crippen molar-refractivity contribution in [3.8, 4) is 0 Å². The van der Waals surface area contributed by atoms with Crippen LogP contribution in [0.3, 0.4) is 0 Å². The molecule has 5 heteroatoms. The smallest absolute Gasteiger partial charge is 0.217 e. The van der Waals surface area contributed by atoms with Crippen LogP contribution in [0, 0.1) is 5.92 Å². The Labute approximate surface area is 113 Å². The number of aliphatic hydroxyl groups is 1. The Morgan fingerprint density at radius 3 is 2.84 bits per heavy atom. The summed E-state index contributed by atoms with van der Waals surface area (Å²) in [6, 6.07) is 3.76. The Balaban J connectivity index is 1.97. The molecule has 1 aromatic rings. The van der Waals surface area contributed by atoms with Crippen LogP contribution < -0.4 is 10.6 Å². The molecule has 1 aliphatic rings. The standard InChI is InChI=1S/C14H21N3O2/c1-10(18)12-2-5-16-14(9-12)17-6-3-11(4-7-17)8-13(15)19/h2,5,9-11,18H,3-4,6-8H2,1H3,(H2,15,19)/t10-/m1/s1. The normalized spacial score (nSPS) is 18.3. The topological polar surface area (TPSA) is 79.5 Å². The second kappa shape index (κ2) is 6.02. The summed E-state index contributed by atoms with van der Waals surface area (Å²) >= 11 is 0. The Bertz CT molecular complexity index is 440. The summed E-state index contributed by atoms with van der Waals surface area (Å²) in [6.45, 7) is 3.51. The van der Waals surface area contributed by atoms with Gasteiger partial charge in [-0.3, -0.25) is 4.79 Å². The number of pyridine rings is 1. The summed E-state index contributed by atoms with van der Waals surface area (Å²) in [6.07, 6.45) is 3.66. The van der Waals surface area contributed by atoms with E-state index in [4.69, 9.17) is 5.73 Å². The van der Waals surface area contributed by atoms with Crippen LogP contribution in [0.15, 0.2) is 18.3 Å². The summed E-state index contributed by atoms with van der Waals surface area (Å²) in [5, 5.41) is 9.59. The molecule has 2 heterocycles. The van der Waals surface area contributed by atoms with Gasteiger partial charge in [-0.1, -0.05) is 0 Å². The zero-order chi connectivity index (χ0) is 13.8. The van der Waals surface area contributed by atoms with E-state index in [1.165, 1.54) is 0 Å². The predicted molar refractivity (Wildman–Crippen MR) is 73.6 cm³/mol. The third-order valence-corrected chi connectivity index (χ3v) is 3.68. The molecule has 19 heavy (non-hydrogen) atoms. The van der Waals surface area contributed by atoms with Crippen molar-refractivity contribution in [1.82, 2.24) is 4.98 Å². The molecule has 1 fully saturated rings. The lowest BCUT2D eigenvalue weighted by atomic mass is 9.93. The number of carbonyl (C=O) groups is 1.